The molecule has 2 saturated heterocycles. The Morgan fingerprint density at radius 1 is 1.22 bits per heavy atom. The SMILES string of the molecule is C/C=C/CN1C(N2CCCCCC2)=NC2C1C(=O)NC(=O)N2C. The highest BCUT2D eigenvalue weighted by molar-refractivity contribution is 6.03. The Kier molecular flexibility index (Phi) is 4.54. The summed E-state index contributed by atoms with van der Waals surface area (Å²) in [7, 11) is 1.70. The van der Waals surface area contributed by atoms with Crippen LogP contribution in [0.25, 0.3) is 0 Å². The molecule has 126 valence electrons. The summed E-state index contributed by atoms with van der Waals surface area (Å²) in [6.07, 6.45) is 8.34. The molecule has 0 bridgehead atoms. The van der Waals surface area contributed by atoms with Crippen molar-refractivity contribution in [3.05, 3.63) is 12.2 Å². The van der Waals surface area contributed by atoms with Gasteiger partial charge in [0.15, 0.2) is 18.2 Å². The van der Waals surface area contributed by atoms with Gasteiger partial charge >= 0.3 is 6.03 Å². The number of imide groups is 1. The molecule has 0 aromatic rings. The van der Waals surface area contributed by atoms with Crippen molar-refractivity contribution in [2.24, 2.45) is 4.99 Å². The van der Waals surface area contributed by atoms with E-state index in [1.165, 1.54) is 17.7 Å². The average Bonchev–Trinajstić information content (AvgIpc) is 2.71. The summed E-state index contributed by atoms with van der Waals surface area (Å²) in [4.78, 5) is 34.9. The third-order valence-electron chi connectivity index (χ3n) is 4.77. The molecular weight excluding hydrogens is 294 g/mol. The van der Waals surface area contributed by atoms with Gasteiger partial charge in [-0.15, -0.1) is 0 Å². The highest BCUT2D eigenvalue weighted by Crippen LogP contribution is 2.26. The van der Waals surface area contributed by atoms with Crippen LogP contribution in [0, 0.1) is 0 Å². The molecule has 0 saturated carbocycles. The Hall–Kier alpha value is -2.05. The smallest absolute Gasteiger partial charge is 0.325 e. The zero-order chi connectivity index (χ0) is 16.4. The Balaban J connectivity index is 1.90. The van der Waals surface area contributed by atoms with Crippen LogP contribution in [0.15, 0.2) is 17.1 Å². The lowest BCUT2D eigenvalue weighted by molar-refractivity contribution is -0.127. The molecule has 3 amide bonds. The zero-order valence-corrected chi connectivity index (χ0v) is 13.9. The van der Waals surface area contributed by atoms with Gasteiger partial charge in [0.25, 0.3) is 5.91 Å². The molecule has 0 radical (unpaired) electrons. The molecule has 1 N–H and O–H groups in total. The number of likely N-dealkylation sites (N-methyl/N-ethyl adjacent to an activating group) is 1. The maximum Gasteiger partial charge on any atom is 0.325 e. The van der Waals surface area contributed by atoms with Crippen molar-refractivity contribution >= 4 is 17.9 Å². The molecule has 7 heteroatoms. The predicted octanol–water partition coefficient (Wildman–Crippen LogP) is 0.986. The zero-order valence-electron chi connectivity index (χ0n) is 13.9. The van der Waals surface area contributed by atoms with E-state index >= 15 is 0 Å². The van der Waals surface area contributed by atoms with Crippen LogP contribution in [0.2, 0.25) is 0 Å². The molecule has 0 aliphatic carbocycles. The number of rotatable bonds is 2. The maximum absolute atomic E-state index is 12.4. The first-order valence-corrected chi connectivity index (χ1v) is 8.41. The number of nitrogens with zero attached hydrogens (tertiary/aromatic N) is 4. The van der Waals surface area contributed by atoms with Gasteiger partial charge in [-0.2, -0.15) is 0 Å². The predicted molar refractivity (Wildman–Crippen MR) is 87.9 cm³/mol. The van der Waals surface area contributed by atoms with E-state index in [9.17, 15) is 9.59 Å². The highest BCUT2D eigenvalue weighted by atomic mass is 16.2. The third-order valence-corrected chi connectivity index (χ3v) is 4.77. The van der Waals surface area contributed by atoms with E-state index in [1.54, 1.807) is 7.05 Å². The van der Waals surface area contributed by atoms with Crippen LogP contribution >= 0.6 is 0 Å². The van der Waals surface area contributed by atoms with Gasteiger partial charge in [0.1, 0.15) is 0 Å². The number of amides is 3. The van der Waals surface area contributed by atoms with Crippen LogP contribution in [0.1, 0.15) is 32.6 Å². The number of urea groups is 1. The number of allylic oxidation sites excluding steroid dienone is 1. The summed E-state index contributed by atoms with van der Waals surface area (Å²) in [5.74, 6) is 0.605. The lowest BCUT2D eigenvalue weighted by Gasteiger charge is -2.37. The molecule has 3 rings (SSSR count). The van der Waals surface area contributed by atoms with Crippen molar-refractivity contribution in [3.8, 4) is 0 Å². The van der Waals surface area contributed by atoms with Crippen molar-refractivity contribution < 1.29 is 9.59 Å². The second-order valence-electron chi connectivity index (χ2n) is 6.32. The minimum atomic E-state index is -0.438. The second kappa shape index (κ2) is 6.60. The quantitative estimate of drug-likeness (QED) is 0.771. The Morgan fingerprint density at radius 3 is 2.57 bits per heavy atom. The van der Waals surface area contributed by atoms with E-state index in [0.717, 1.165) is 31.9 Å². The molecule has 0 aromatic heterocycles. The first-order chi connectivity index (χ1) is 11.1. The van der Waals surface area contributed by atoms with E-state index in [1.807, 2.05) is 24.0 Å². The van der Waals surface area contributed by atoms with Gasteiger partial charge in [-0.25, -0.2) is 9.79 Å². The van der Waals surface area contributed by atoms with E-state index in [4.69, 9.17) is 4.99 Å². The summed E-state index contributed by atoms with van der Waals surface area (Å²) in [5.41, 5.74) is 0. The molecule has 7 nitrogen and oxygen atoms in total. The van der Waals surface area contributed by atoms with Gasteiger partial charge in [-0.1, -0.05) is 25.0 Å². The molecule has 2 unspecified atom stereocenters. The fraction of sp³-hybridized carbons (Fsp3) is 0.688. The number of guanidine groups is 1. The highest BCUT2D eigenvalue weighted by Gasteiger charge is 2.49. The van der Waals surface area contributed by atoms with Gasteiger partial charge in [0.2, 0.25) is 0 Å². The van der Waals surface area contributed by atoms with E-state index in [0.29, 0.717) is 6.54 Å². The Labute approximate surface area is 137 Å². The minimum Gasteiger partial charge on any atom is -0.343 e. The summed E-state index contributed by atoms with van der Waals surface area (Å²) >= 11 is 0. The number of fused-ring (bicyclic) bond motifs is 1. The molecular formula is C16H25N5O2. The van der Waals surface area contributed by atoms with E-state index in [-0.39, 0.29) is 11.9 Å². The standard InChI is InChI=1S/C16H25N5O2/c1-3-4-11-21-12-13(19(2)16(23)18-14(12)22)17-15(21)20-9-7-5-6-8-10-20/h3-4,12-13H,5-11H2,1-2H3,(H,18,22,23)/b4-3+. The topological polar surface area (TPSA) is 68.2 Å². The number of hydrogen-bond donors (Lipinski definition) is 1. The molecule has 0 aromatic carbocycles. The number of hydrogen-bond acceptors (Lipinski definition) is 5. The Morgan fingerprint density at radius 2 is 1.91 bits per heavy atom. The molecule has 23 heavy (non-hydrogen) atoms. The van der Waals surface area contributed by atoms with Crippen molar-refractivity contribution in [3.63, 3.8) is 0 Å². The number of carbonyl (C=O) groups excluding carboxylic acids is 2. The van der Waals surface area contributed by atoms with Crippen LogP contribution in [0.3, 0.4) is 0 Å². The van der Waals surface area contributed by atoms with Crippen molar-refractivity contribution in [1.29, 1.82) is 0 Å². The van der Waals surface area contributed by atoms with Crippen molar-refractivity contribution in [2.75, 3.05) is 26.7 Å². The largest absolute Gasteiger partial charge is 0.343 e. The van der Waals surface area contributed by atoms with Gasteiger partial charge < -0.3 is 14.7 Å². The fourth-order valence-corrected chi connectivity index (χ4v) is 3.46. The van der Waals surface area contributed by atoms with Crippen LogP contribution in [-0.4, -0.2) is 71.5 Å². The second-order valence-corrected chi connectivity index (χ2v) is 6.32. The summed E-state index contributed by atoms with van der Waals surface area (Å²) in [6.45, 7) is 4.52. The molecule has 3 heterocycles. The molecule has 3 aliphatic heterocycles. The lowest BCUT2D eigenvalue weighted by atomic mass is 10.1. The fourth-order valence-electron chi connectivity index (χ4n) is 3.46. The number of nitrogens with one attached hydrogen (secondary N) is 1. The van der Waals surface area contributed by atoms with Crippen molar-refractivity contribution in [2.45, 2.75) is 44.8 Å². The third kappa shape index (κ3) is 2.92. The van der Waals surface area contributed by atoms with Crippen LogP contribution in [0.4, 0.5) is 4.79 Å². The van der Waals surface area contributed by atoms with Gasteiger partial charge in [-0.3, -0.25) is 10.1 Å². The molecule has 3 aliphatic rings. The first-order valence-electron chi connectivity index (χ1n) is 8.41. The van der Waals surface area contributed by atoms with Crippen LogP contribution in [0.5, 0.6) is 0 Å². The van der Waals surface area contributed by atoms with Gasteiger partial charge in [0.05, 0.1) is 0 Å². The van der Waals surface area contributed by atoms with E-state index < -0.39 is 12.2 Å². The summed E-state index contributed by atoms with van der Waals surface area (Å²) in [5, 5.41) is 2.43. The van der Waals surface area contributed by atoms with E-state index in [2.05, 4.69) is 10.2 Å². The van der Waals surface area contributed by atoms with Gasteiger partial charge in [-0.05, 0) is 19.8 Å². The van der Waals surface area contributed by atoms with Crippen LogP contribution < -0.4 is 5.32 Å². The average molecular weight is 319 g/mol. The summed E-state index contributed by atoms with van der Waals surface area (Å²) in [6, 6.07) is -0.810. The number of likely N-dealkylation sites (tertiary alicyclic amines) is 1. The van der Waals surface area contributed by atoms with Crippen LogP contribution in [-0.2, 0) is 4.79 Å². The number of aliphatic imine (C=N–C) groups is 1. The maximum atomic E-state index is 12.4. The lowest BCUT2D eigenvalue weighted by Crippen LogP contribution is -2.64. The Bertz CT molecular complexity index is 537. The first kappa shape index (κ1) is 15.8. The number of carbonyl (C=O) groups is 2. The summed E-state index contributed by atoms with van der Waals surface area (Å²) < 4.78 is 0. The molecule has 0 spiro atoms. The molecule has 2 fully saturated rings. The van der Waals surface area contributed by atoms with Crippen molar-refractivity contribution in [1.82, 2.24) is 20.0 Å². The molecule has 2 atom stereocenters. The van der Waals surface area contributed by atoms with Gasteiger partial charge in [0, 0.05) is 26.7 Å². The normalized spacial score (nSPS) is 28.8. The monoisotopic (exact) mass is 319 g/mol. The minimum absolute atomic E-state index is 0.254.